The number of hydrogen-bond acceptors (Lipinski definition) is 2. The number of fused-ring (bicyclic) bond motifs is 1. The fourth-order valence-electron chi connectivity index (χ4n) is 2.81. The van der Waals surface area contributed by atoms with Crippen LogP contribution >= 0.6 is 0 Å². The molecule has 2 heteroatoms. The van der Waals surface area contributed by atoms with Crippen LogP contribution < -0.4 is 0 Å². The number of Topliss-reactive ketones (excluding diaryl/α,β-unsaturated/α-hetero) is 1. The molecule has 2 aliphatic rings. The Balaban J connectivity index is 2.42. The van der Waals surface area contributed by atoms with Crippen molar-refractivity contribution >= 4 is 11.6 Å². The van der Waals surface area contributed by atoms with E-state index in [0.717, 1.165) is 31.3 Å². The molecule has 14 heavy (non-hydrogen) atoms. The first kappa shape index (κ1) is 9.63. The number of allylic oxidation sites excluding steroid dienone is 2. The number of ketones is 2. The molecule has 2 aliphatic carbocycles. The van der Waals surface area contributed by atoms with Gasteiger partial charge in [0.25, 0.3) is 0 Å². The molecular formula is C12H16O2. The van der Waals surface area contributed by atoms with Crippen molar-refractivity contribution in [2.45, 2.75) is 45.4 Å². The van der Waals surface area contributed by atoms with Gasteiger partial charge in [-0.2, -0.15) is 0 Å². The molecule has 0 aromatic heterocycles. The largest absolute Gasteiger partial charge is 0.299 e. The number of rotatable bonds is 1. The second-order valence-electron chi connectivity index (χ2n) is 4.35. The maximum absolute atomic E-state index is 11.9. The summed E-state index contributed by atoms with van der Waals surface area (Å²) in [5.41, 5.74) is 0.874. The quantitative estimate of drug-likeness (QED) is 0.639. The van der Waals surface area contributed by atoms with Crippen molar-refractivity contribution in [3.8, 4) is 0 Å². The van der Waals surface area contributed by atoms with Crippen molar-refractivity contribution in [2.24, 2.45) is 5.41 Å². The first-order valence-corrected chi connectivity index (χ1v) is 5.46. The second kappa shape index (κ2) is 3.34. The highest BCUT2D eigenvalue weighted by Crippen LogP contribution is 2.46. The van der Waals surface area contributed by atoms with Gasteiger partial charge >= 0.3 is 0 Å². The minimum Gasteiger partial charge on any atom is -0.299 e. The summed E-state index contributed by atoms with van der Waals surface area (Å²) >= 11 is 0. The van der Waals surface area contributed by atoms with Gasteiger partial charge in [0.15, 0.2) is 5.78 Å². The van der Waals surface area contributed by atoms with Crippen LogP contribution in [0.15, 0.2) is 11.6 Å². The molecule has 76 valence electrons. The topological polar surface area (TPSA) is 34.1 Å². The Kier molecular flexibility index (Phi) is 2.30. The van der Waals surface area contributed by atoms with E-state index in [2.05, 4.69) is 6.92 Å². The third-order valence-electron chi connectivity index (χ3n) is 3.74. The first-order valence-electron chi connectivity index (χ1n) is 5.46. The van der Waals surface area contributed by atoms with Crippen molar-refractivity contribution in [1.82, 2.24) is 0 Å². The van der Waals surface area contributed by atoms with Crippen molar-refractivity contribution in [3.05, 3.63) is 11.6 Å². The first-order chi connectivity index (χ1) is 6.69. The molecule has 1 fully saturated rings. The summed E-state index contributed by atoms with van der Waals surface area (Å²) in [7, 11) is 0. The van der Waals surface area contributed by atoms with Gasteiger partial charge in [-0.05, 0) is 31.8 Å². The van der Waals surface area contributed by atoms with Crippen LogP contribution in [0, 0.1) is 5.41 Å². The second-order valence-corrected chi connectivity index (χ2v) is 4.35. The van der Waals surface area contributed by atoms with Gasteiger partial charge in [-0.3, -0.25) is 9.59 Å². The average molecular weight is 192 g/mol. The summed E-state index contributed by atoms with van der Waals surface area (Å²) in [5, 5.41) is 0. The molecule has 0 unspecified atom stereocenters. The molecule has 0 N–H and O–H groups in total. The molecule has 0 radical (unpaired) electrons. The van der Waals surface area contributed by atoms with Crippen LogP contribution in [-0.2, 0) is 9.59 Å². The molecule has 0 aliphatic heterocycles. The molecule has 0 spiro atoms. The number of carbonyl (C=O) groups excluding carboxylic acids is 2. The molecule has 1 saturated carbocycles. The summed E-state index contributed by atoms with van der Waals surface area (Å²) in [6, 6.07) is 0. The Morgan fingerprint density at radius 2 is 2.07 bits per heavy atom. The predicted molar refractivity (Wildman–Crippen MR) is 53.9 cm³/mol. The van der Waals surface area contributed by atoms with Crippen LogP contribution in [0.5, 0.6) is 0 Å². The number of carbonyl (C=O) groups is 2. The highest BCUT2D eigenvalue weighted by Gasteiger charge is 2.43. The van der Waals surface area contributed by atoms with Crippen LogP contribution in [0.25, 0.3) is 0 Å². The predicted octanol–water partition coefficient (Wildman–Crippen LogP) is 2.43. The standard InChI is InChI=1S/C12H16O2/c1-2-12-7-6-10(13)8-9(12)4-3-5-11(12)14/h8H,2-7H2,1H3/t12-/m1/s1. The van der Waals surface area contributed by atoms with Crippen molar-refractivity contribution in [2.75, 3.05) is 0 Å². The third-order valence-corrected chi connectivity index (χ3v) is 3.74. The van der Waals surface area contributed by atoms with Crippen LogP contribution in [0.2, 0.25) is 0 Å². The van der Waals surface area contributed by atoms with Crippen LogP contribution in [0.1, 0.15) is 45.4 Å². The molecule has 0 aromatic rings. The lowest BCUT2D eigenvalue weighted by Gasteiger charge is -2.39. The molecule has 0 heterocycles. The lowest BCUT2D eigenvalue weighted by molar-refractivity contribution is -0.130. The van der Waals surface area contributed by atoms with E-state index in [1.807, 2.05) is 0 Å². The van der Waals surface area contributed by atoms with E-state index in [4.69, 9.17) is 0 Å². The Morgan fingerprint density at radius 1 is 1.29 bits per heavy atom. The summed E-state index contributed by atoms with van der Waals surface area (Å²) in [6.45, 7) is 2.06. The molecule has 0 aromatic carbocycles. The molecule has 2 nitrogen and oxygen atoms in total. The Morgan fingerprint density at radius 3 is 2.79 bits per heavy atom. The molecular weight excluding hydrogens is 176 g/mol. The fraction of sp³-hybridized carbons (Fsp3) is 0.667. The van der Waals surface area contributed by atoms with E-state index in [1.54, 1.807) is 6.08 Å². The van der Waals surface area contributed by atoms with Crippen LogP contribution in [0.4, 0.5) is 0 Å². The fourth-order valence-corrected chi connectivity index (χ4v) is 2.81. The minimum atomic E-state index is -0.244. The van der Waals surface area contributed by atoms with Crippen molar-refractivity contribution in [1.29, 1.82) is 0 Å². The van der Waals surface area contributed by atoms with Gasteiger partial charge in [0.2, 0.25) is 0 Å². The lowest BCUT2D eigenvalue weighted by atomic mass is 9.62. The van der Waals surface area contributed by atoms with E-state index in [-0.39, 0.29) is 11.2 Å². The van der Waals surface area contributed by atoms with Gasteiger partial charge in [-0.1, -0.05) is 12.5 Å². The van der Waals surface area contributed by atoms with E-state index >= 15 is 0 Å². The van der Waals surface area contributed by atoms with E-state index in [9.17, 15) is 9.59 Å². The molecule has 0 amide bonds. The molecule has 1 atom stereocenters. The van der Waals surface area contributed by atoms with Crippen molar-refractivity contribution < 1.29 is 9.59 Å². The monoisotopic (exact) mass is 192 g/mol. The highest BCUT2D eigenvalue weighted by atomic mass is 16.1. The molecule has 2 rings (SSSR count). The Bertz CT molecular complexity index is 314. The molecule has 0 bridgehead atoms. The smallest absolute Gasteiger partial charge is 0.155 e. The van der Waals surface area contributed by atoms with Crippen LogP contribution in [-0.4, -0.2) is 11.6 Å². The van der Waals surface area contributed by atoms with E-state index in [0.29, 0.717) is 18.6 Å². The zero-order chi connectivity index (χ0) is 10.2. The highest BCUT2D eigenvalue weighted by molar-refractivity contribution is 5.97. The van der Waals surface area contributed by atoms with Crippen LogP contribution in [0.3, 0.4) is 0 Å². The third kappa shape index (κ3) is 1.24. The summed E-state index contributed by atoms with van der Waals surface area (Å²) in [6.07, 6.45) is 6.51. The SMILES string of the molecule is CC[C@@]12CCC(=O)C=C1CCCC2=O. The van der Waals surface area contributed by atoms with Gasteiger partial charge in [-0.25, -0.2) is 0 Å². The lowest BCUT2D eigenvalue weighted by Crippen LogP contribution is -2.38. The normalized spacial score (nSPS) is 32.5. The van der Waals surface area contributed by atoms with Gasteiger partial charge in [0.05, 0.1) is 5.41 Å². The average Bonchev–Trinajstić information content (AvgIpc) is 2.18. The zero-order valence-corrected chi connectivity index (χ0v) is 8.64. The van der Waals surface area contributed by atoms with Gasteiger partial charge in [0, 0.05) is 12.8 Å². The summed E-state index contributed by atoms with van der Waals surface area (Å²) in [5.74, 6) is 0.573. The maximum Gasteiger partial charge on any atom is 0.155 e. The van der Waals surface area contributed by atoms with E-state index < -0.39 is 0 Å². The summed E-state index contributed by atoms with van der Waals surface area (Å²) in [4.78, 5) is 23.2. The van der Waals surface area contributed by atoms with Gasteiger partial charge in [-0.15, -0.1) is 0 Å². The van der Waals surface area contributed by atoms with E-state index in [1.165, 1.54) is 0 Å². The van der Waals surface area contributed by atoms with Gasteiger partial charge < -0.3 is 0 Å². The maximum atomic E-state index is 11.9. The molecule has 0 saturated heterocycles. The Labute approximate surface area is 84.4 Å². The van der Waals surface area contributed by atoms with Crippen molar-refractivity contribution in [3.63, 3.8) is 0 Å². The van der Waals surface area contributed by atoms with Gasteiger partial charge in [0.1, 0.15) is 5.78 Å². The zero-order valence-electron chi connectivity index (χ0n) is 8.64. The Hall–Kier alpha value is -0.920. The summed E-state index contributed by atoms with van der Waals surface area (Å²) < 4.78 is 0. The number of hydrogen-bond donors (Lipinski definition) is 0. The minimum absolute atomic E-state index is 0.207.